The van der Waals surface area contributed by atoms with Crippen molar-refractivity contribution in [3.8, 4) is 5.69 Å². The second kappa shape index (κ2) is 7.78. The number of carbonyl (C=O) groups excluding carboxylic acids is 2. The molecule has 0 saturated carbocycles. The summed E-state index contributed by atoms with van der Waals surface area (Å²) in [5.41, 5.74) is 2.85. The number of carbonyl (C=O) groups is 2. The van der Waals surface area contributed by atoms with Gasteiger partial charge in [-0.3, -0.25) is 9.59 Å². The molecule has 0 bridgehead atoms. The molecule has 7 heteroatoms. The van der Waals surface area contributed by atoms with Crippen LogP contribution in [0.15, 0.2) is 67.0 Å². The Morgan fingerprint density at radius 1 is 1.07 bits per heavy atom. The highest BCUT2D eigenvalue weighted by Crippen LogP contribution is 2.29. The number of nitrogens with one attached hydrogen (secondary N) is 2. The van der Waals surface area contributed by atoms with Crippen molar-refractivity contribution in [3.05, 3.63) is 77.6 Å². The molecule has 2 N–H and O–H groups in total. The minimum atomic E-state index is -0.213. The number of rotatable bonds is 4. The van der Waals surface area contributed by atoms with E-state index >= 15 is 0 Å². The second-order valence-electron chi connectivity index (χ2n) is 6.53. The van der Waals surface area contributed by atoms with Gasteiger partial charge in [0.2, 0.25) is 5.91 Å². The molecule has 2 heterocycles. The highest BCUT2D eigenvalue weighted by molar-refractivity contribution is 6.33. The van der Waals surface area contributed by atoms with Crippen molar-refractivity contribution in [2.24, 2.45) is 0 Å². The molecule has 1 aliphatic rings. The fourth-order valence-electron chi connectivity index (χ4n) is 3.20. The molecule has 2 aromatic carbocycles. The number of piperazine rings is 1. The van der Waals surface area contributed by atoms with Gasteiger partial charge in [-0.15, -0.1) is 0 Å². The maximum atomic E-state index is 12.6. The summed E-state index contributed by atoms with van der Waals surface area (Å²) >= 11 is 6.40. The van der Waals surface area contributed by atoms with Crippen LogP contribution >= 0.6 is 11.6 Å². The summed E-state index contributed by atoms with van der Waals surface area (Å²) in [6.45, 7) is 1.56. The molecule has 1 aliphatic heterocycles. The van der Waals surface area contributed by atoms with Gasteiger partial charge in [-0.1, -0.05) is 17.7 Å². The lowest BCUT2D eigenvalue weighted by Gasteiger charge is -2.29. The van der Waals surface area contributed by atoms with E-state index in [0.29, 0.717) is 29.4 Å². The largest absolute Gasteiger partial charge is 0.359 e. The number of anilines is 2. The topological polar surface area (TPSA) is 66.4 Å². The number of amides is 2. The monoisotopic (exact) mass is 394 g/mol. The van der Waals surface area contributed by atoms with Gasteiger partial charge in [0.25, 0.3) is 5.91 Å². The van der Waals surface area contributed by atoms with Gasteiger partial charge in [0, 0.05) is 42.4 Å². The molecule has 0 atom stereocenters. The van der Waals surface area contributed by atoms with Gasteiger partial charge >= 0.3 is 0 Å². The third kappa shape index (κ3) is 3.87. The van der Waals surface area contributed by atoms with Crippen LogP contribution < -0.4 is 15.5 Å². The molecule has 4 rings (SSSR count). The molecule has 2 amide bonds. The van der Waals surface area contributed by atoms with Crippen LogP contribution in [0.3, 0.4) is 0 Å². The molecule has 28 heavy (non-hydrogen) atoms. The predicted molar refractivity (Wildman–Crippen MR) is 110 cm³/mol. The Balaban J connectivity index is 1.50. The van der Waals surface area contributed by atoms with Gasteiger partial charge in [0.15, 0.2) is 0 Å². The number of nitrogens with zero attached hydrogens (tertiary/aromatic N) is 2. The van der Waals surface area contributed by atoms with Crippen molar-refractivity contribution >= 4 is 34.8 Å². The Morgan fingerprint density at radius 3 is 2.64 bits per heavy atom. The summed E-state index contributed by atoms with van der Waals surface area (Å²) in [5.74, 6) is -0.238. The molecular formula is C21H19ClN4O2. The Bertz CT molecular complexity index is 1020. The lowest BCUT2D eigenvalue weighted by Crippen LogP contribution is -2.47. The molecular weight excluding hydrogens is 376 g/mol. The first-order valence-electron chi connectivity index (χ1n) is 8.96. The van der Waals surface area contributed by atoms with Gasteiger partial charge in [-0.25, -0.2) is 0 Å². The average molecular weight is 395 g/mol. The van der Waals surface area contributed by atoms with Crippen molar-refractivity contribution in [2.45, 2.75) is 0 Å². The molecule has 1 fully saturated rings. The van der Waals surface area contributed by atoms with E-state index in [0.717, 1.165) is 11.4 Å². The van der Waals surface area contributed by atoms with Crippen LogP contribution in [0.2, 0.25) is 5.02 Å². The van der Waals surface area contributed by atoms with Crippen LogP contribution in [0, 0.1) is 0 Å². The van der Waals surface area contributed by atoms with Crippen molar-refractivity contribution < 1.29 is 9.59 Å². The van der Waals surface area contributed by atoms with Crippen LogP contribution in [0.1, 0.15) is 10.4 Å². The van der Waals surface area contributed by atoms with Gasteiger partial charge in [-0.2, -0.15) is 0 Å². The minimum Gasteiger partial charge on any atom is -0.359 e. The highest BCUT2D eigenvalue weighted by Gasteiger charge is 2.19. The average Bonchev–Trinajstić information content (AvgIpc) is 3.23. The minimum absolute atomic E-state index is 0.0257. The zero-order chi connectivity index (χ0) is 19.5. The van der Waals surface area contributed by atoms with Gasteiger partial charge in [-0.05, 0) is 48.5 Å². The molecule has 3 aromatic rings. The van der Waals surface area contributed by atoms with Gasteiger partial charge in [0.05, 0.1) is 17.3 Å². The first-order chi connectivity index (χ1) is 13.6. The third-order valence-electron chi connectivity index (χ3n) is 4.60. The summed E-state index contributed by atoms with van der Waals surface area (Å²) in [6.07, 6.45) is 3.85. The summed E-state index contributed by atoms with van der Waals surface area (Å²) in [4.78, 5) is 26.2. The highest BCUT2D eigenvalue weighted by atomic mass is 35.5. The van der Waals surface area contributed by atoms with Crippen LogP contribution in [0.25, 0.3) is 5.69 Å². The number of aromatic nitrogens is 1. The summed E-state index contributed by atoms with van der Waals surface area (Å²) in [7, 11) is 0. The molecule has 0 radical (unpaired) electrons. The van der Waals surface area contributed by atoms with E-state index < -0.39 is 0 Å². The number of hydrogen-bond acceptors (Lipinski definition) is 3. The number of benzene rings is 2. The third-order valence-corrected chi connectivity index (χ3v) is 4.90. The first kappa shape index (κ1) is 18.1. The maximum absolute atomic E-state index is 12.6. The zero-order valence-electron chi connectivity index (χ0n) is 15.1. The van der Waals surface area contributed by atoms with Crippen LogP contribution in [0.5, 0.6) is 0 Å². The Kier molecular flexibility index (Phi) is 5.04. The zero-order valence-corrected chi connectivity index (χ0v) is 15.8. The van der Waals surface area contributed by atoms with E-state index in [1.54, 1.807) is 18.2 Å². The smallest absolute Gasteiger partial charge is 0.255 e. The van der Waals surface area contributed by atoms with E-state index in [4.69, 9.17) is 11.6 Å². The number of hydrogen-bond donors (Lipinski definition) is 2. The summed E-state index contributed by atoms with van der Waals surface area (Å²) in [5, 5.41) is 6.16. The standard InChI is InChI=1S/C21H19ClN4O2/c22-18-13-16(6-7-19(18)26-11-8-23-20(27)14-26)24-21(28)15-4-3-5-17(12-15)25-9-1-2-10-25/h1-7,9-10,12-13H,8,11,14H2,(H,23,27)(H,24,28). The Morgan fingerprint density at radius 2 is 1.89 bits per heavy atom. The van der Waals surface area contributed by atoms with Crippen molar-refractivity contribution in [3.63, 3.8) is 0 Å². The Hall–Kier alpha value is -3.25. The van der Waals surface area contributed by atoms with Crippen LogP contribution in [-0.2, 0) is 4.79 Å². The molecule has 0 spiro atoms. The molecule has 142 valence electrons. The lowest BCUT2D eigenvalue weighted by atomic mass is 10.1. The fourth-order valence-corrected chi connectivity index (χ4v) is 3.50. The van der Waals surface area contributed by atoms with E-state index in [2.05, 4.69) is 10.6 Å². The van der Waals surface area contributed by atoms with E-state index in [1.807, 2.05) is 58.3 Å². The molecule has 1 aromatic heterocycles. The van der Waals surface area contributed by atoms with Crippen molar-refractivity contribution in [1.82, 2.24) is 9.88 Å². The summed E-state index contributed by atoms with van der Waals surface area (Å²) in [6, 6.07) is 16.6. The van der Waals surface area contributed by atoms with Crippen LogP contribution in [0.4, 0.5) is 11.4 Å². The van der Waals surface area contributed by atoms with Gasteiger partial charge < -0.3 is 20.1 Å². The van der Waals surface area contributed by atoms with E-state index in [1.165, 1.54) is 0 Å². The normalized spacial score (nSPS) is 13.9. The number of halogens is 1. The fraction of sp³-hybridized carbons (Fsp3) is 0.143. The lowest BCUT2D eigenvalue weighted by molar-refractivity contribution is -0.120. The van der Waals surface area contributed by atoms with E-state index in [9.17, 15) is 9.59 Å². The molecule has 6 nitrogen and oxygen atoms in total. The predicted octanol–water partition coefficient (Wildman–Crippen LogP) is 3.32. The first-order valence-corrected chi connectivity index (χ1v) is 9.34. The quantitative estimate of drug-likeness (QED) is 0.713. The van der Waals surface area contributed by atoms with Crippen LogP contribution in [-0.4, -0.2) is 36.0 Å². The molecule has 0 unspecified atom stereocenters. The van der Waals surface area contributed by atoms with E-state index in [-0.39, 0.29) is 18.4 Å². The maximum Gasteiger partial charge on any atom is 0.255 e. The summed E-state index contributed by atoms with van der Waals surface area (Å²) < 4.78 is 1.94. The SMILES string of the molecule is O=C1CN(c2ccc(NC(=O)c3cccc(-n4cccc4)c3)cc2Cl)CCN1. The second-order valence-corrected chi connectivity index (χ2v) is 6.94. The Labute approximate surface area is 167 Å². The molecule has 0 aliphatic carbocycles. The van der Waals surface area contributed by atoms with Crippen molar-refractivity contribution in [2.75, 3.05) is 29.9 Å². The van der Waals surface area contributed by atoms with Crippen molar-refractivity contribution in [1.29, 1.82) is 0 Å². The van der Waals surface area contributed by atoms with Gasteiger partial charge in [0.1, 0.15) is 0 Å². The molecule has 1 saturated heterocycles.